The molecular formula is C16H23N3O. The molecule has 0 N–H and O–H groups in total. The van der Waals surface area contributed by atoms with Crippen LogP contribution >= 0.6 is 0 Å². The maximum atomic E-state index is 12.1. The van der Waals surface area contributed by atoms with Crippen LogP contribution in [0.3, 0.4) is 0 Å². The van der Waals surface area contributed by atoms with E-state index in [9.17, 15) is 4.79 Å². The van der Waals surface area contributed by atoms with Crippen molar-refractivity contribution in [2.45, 2.75) is 12.8 Å². The van der Waals surface area contributed by atoms with Gasteiger partial charge in [0.05, 0.1) is 6.54 Å². The van der Waals surface area contributed by atoms with E-state index in [0.29, 0.717) is 12.5 Å². The van der Waals surface area contributed by atoms with Gasteiger partial charge in [-0.15, -0.1) is 0 Å². The Morgan fingerprint density at radius 3 is 2.20 bits per heavy atom. The molecule has 2 aliphatic rings. The Morgan fingerprint density at radius 2 is 1.55 bits per heavy atom. The Hall–Kier alpha value is -1.55. The topological polar surface area (TPSA) is 26.8 Å². The highest BCUT2D eigenvalue weighted by atomic mass is 16.2. The monoisotopic (exact) mass is 273 g/mol. The Labute approximate surface area is 121 Å². The molecule has 0 spiro atoms. The largest absolute Gasteiger partial charge is 0.369 e. The maximum absolute atomic E-state index is 12.1. The molecule has 108 valence electrons. The van der Waals surface area contributed by atoms with Crippen LogP contribution in [0.4, 0.5) is 5.69 Å². The zero-order valence-corrected chi connectivity index (χ0v) is 12.0. The van der Waals surface area contributed by atoms with Gasteiger partial charge in [-0.25, -0.2) is 0 Å². The van der Waals surface area contributed by atoms with Crippen molar-refractivity contribution in [3.8, 4) is 0 Å². The highest BCUT2D eigenvalue weighted by Crippen LogP contribution is 2.16. The molecule has 1 aromatic carbocycles. The normalized spacial score (nSPS) is 20.4. The van der Waals surface area contributed by atoms with Gasteiger partial charge in [0, 0.05) is 45.0 Å². The van der Waals surface area contributed by atoms with E-state index < -0.39 is 0 Å². The van der Waals surface area contributed by atoms with Crippen LogP contribution in [0.5, 0.6) is 0 Å². The molecular weight excluding hydrogens is 250 g/mol. The van der Waals surface area contributed by atoms with Crippen molar-refractivity contribution in [1.82, 2.24) is 9.80 Å². The number of piperazine rings is 1. The average molecular weight is 273 g/mol. The average Bonchev–Trinajstić information content (AvgIpc) is 3.03. The highest BCUT2D eigenvalue weighted by Gasteiger charge is 2.23. The van der Waals surface area contributed by atoms with Crippen LogP contribution in [0, 0.1) is 0 Å². The summed E-state index contributed by atoms with van der Waals surface area (Å²) in [6.07, 6.45) is 2.35. The van der Waals surface area contributed by atoms with Crippen molar-refractivity contribution in [2.75, 3.05) is 50.7 Å². The summed E-state index contributed by atoms with van der Waals surface area (Å²) >= 11 is 0. The lowest BCUT2D eigenvalue weighted by Gasteiger charge is -2.36. The number of hydrogen-bond donors (Lipinski definition) is 0. The van der Waals surface area contributed by atoms with Gasteiger partial charge in [0.15, 0.2) is 0 Å². The number of hydrogen-bond acceptors (Lipinski definition) is 3. The lowest BCUT2D eigenvalue weighted by atomic mass is 10.2. The lowest BCUT2D eigenvalue weighted by molar-refractivity contribution is -0.131. The summed E-state index contributed by atoms with van der Waals surface area (Å²) in [6.45, 7) is 6.51. The number of amides is 1. The quantitative estimate of drug-likeness (QED) is 0.833. The van der Waals surface area contributed by atoms with Crippen molar-refractivity contribution in [3.63, 3.8) is 0 Å². The van der Waals surface area contributed by atoms with Gasteiger partial charge in [-0.05, 0) is 25.0 Å². The molecule has 1 amide bonds. The van der Waals surface area contributed by atoms with Crippen LogP contribution in [-0.4, -0.2) is 61.5 Å². The minimum atomic E-state index is 0.315. The molecule has 0 radical (unpaired) electrons. The molecule has 4 nitrogen and oxygen atoms in total. The lowest BCUT2D eigenvalue weighted by Crippen LogP contribution is -2.49. The summed E-state index contributed by atoms with van der Waals surface area (Å²) in [7, 11) is 0. The van der Waals surface area contributed by atoms with Gasteiger partial charge < -0.3 is 9.80 Å². The summed E-state index contributed by atoms with van der Waals surface area (Å²) in [4.78, 5) is 18.8. The van der Waals surface area contributed by atoms with Crippen LogP contribution in [0.1, 0.15) is 12.8 Å². The van der Waals surface area contributed by atoms with E-state index in [4.69, 9.17) is 0 Å². The fraction of sp³-hybridized carbons (Fsp3) is 0.562. The zero-order valence-electron chi connectivity index (χ0n) is 12.0. The summed E-state index contributed by atoms with van der Waals surface area (Å²) in [5, 5.41) is 0. The Balaban J connectivity index is 1.47. The highest BCUT2D eigenvalue weighted by molar-refractivity contribution is 5.78. The summed E-state index contributed by atoms with van der Waals surface area (Å²) < 4.78 is 0. The third-order valence-corrected chi connectivity index (χ3v) is 4.31. The third kappa shape index (κ3) is 3.12. The number of likely N-dealkylation sites (tertiary alicyclic amines) is 1. The summed E-state index contributed by atoms with van der Waals surface area (Å²) in [5.74, 6) is 0.315. The van der Waals surface area contributed by atoms with Gasteiger partial charge in [0.1, 0.15) is 0 Å². The van der Waals surface area contributed by atoms with E-state index in [1.54, 1.807) is 0 Å². The van der Waals surface area contributed by atoms with Crippen molar-refractivity contribution >= 4 is 11.6 Å². The van der Waals surface area contributed by atoms with Gasteiger partial charge in [0.2, 0.25) is 5.91 Å². The zero-order chi connectivity index (χ0) is 13.8. The van der Waals surface area contributed by atoms with E-state index in [1.807, 2.05) is 4.90 Å². The maximum Gasteiger partial charge on any atom is 0.236 e. The van der Waals surface area contributed by atoms with Crippen LogP contribution < -0.4 is 4.90 Å². The second-order valence-corrected chi connectivity index (χ2v) is 5.69. The molecule has 2 saturated heterocycles. The molecule has 0 aromatic heterocycles. The number of anilines is 1. The van der Waals surface area contributed by atoms with Gasteiger partial charge in [-0.1, -0.05) is 18.2 Å². The molecule has 1 aromatic rings. The first-order valence-corrected chi connectivity index (χ1v) is 7.63. The SMILES string of the molecule is O=C(CN1CCN(c2ccccc2)CC1)N1CCCC1. The number of rotatable bonds is 3. The standard InChI is InChI=1S/C16H23N3O/c20-16(19-8-4-5-9-19)14-17-10-12-18(13-11-17)15-6-2-1-3-7-15/h1-3,6-7H,4-5,8-14H2. The van der Waals surface area contributed by atoms with Crippen LogP contribution in [-0.2, 0) is 4.79 Å². The number of carbonyl (C=O) groups is 1. The fourth-order valence-corrected chi connectivity index (χ4v) is 3.06. The van der Waals surface area contributed by atoms with E-state index in [-0.39, 0.29) is 0 Å². The van der Waals surface area contributed by atoms with Crippen LogP contribution in [0.15, 0.2) is 30.3 Å². The minimum absolute atomic E-state index is 0.315. The fourth-order valence-electron chi connectivity index (χ4n) is 3.06. The molecule has 20 heavy (non-hydrogen) atoms. The van der Waals surface area contributed by atoms with E-state index in [1.165, 1.54) is 18.5 Å². The minimum Gasteiger partial charge on any atom is -0.369 e. The van der Waals surface area contributed by atoms with Crippen molar-refractivity contribution in [1.29, 1.82) is 0 Å². The first-order valence-electron chi connectivity index (χ1n) is 7.63. The predicted octanol–water partition coefficient (Wildman–Crippen LogP) is 1.43. The van der Waals surface area contributed by atoms with Crippen LogP contribution in [0.2, 0.25) is 0 Å². The molecule has 2 fully saturated rings. The molecule has 3 rings (SSSR count). The molecule has 0 atom stereocenters. The molecule has 0 aliphatic carbocycles. The summed E-state index contributed by atoms with van der Waals surface area (Å²) in [5.41, 5.74) is 1.29. The molecule has 0 unspecified atom stereocenters. The number of carbonyl (C=O) groups excluding carboxylic acids is 1. The smallest absolute Gasteiger partial charge is 0.236 e. The van der Waals surface area contributed by atoms with Gasteiger partial charge >= 0.3 is 0 Å². The molecule has 0 bridgehead atoms. The second-order valence-electron chi connectivity index (χ2n) is 5.69. The Kier molecular flexibility index (Phi) is 4.21. The van der Waals surface area contributed by atoms with E-state index in [0.717, 1.165) is 39.3 Å². The van der Waals surface area contributed by atoms with Crippen molar-refractivity contribution < 1.29 is 4.79 Å². The van der Waals surface area contributed by atoms with Gasteiger partial charge in [0.25, 0.3) is 0 Å². The predicted molar refractivity (Wildman–Crippen MR) is 80.9 cm³/mol. The molecule has 0 saturated carbocycles. The number of benzene rings is 1. The molecule has 2 heterocycles. The first kappa shape index (κ1) is 13.4. The van der Waals surface area contributed by atoms with Gasteiger partial charge in [-0.2, -0.15) is 0 Å². The second kappa shape index (κ2) is 6.27. The Bertz CT molecular complexity index is 434. The molecule has 2 aliphatic heterocycles. The number of nitrogens with zero attached hydrogens (tertiary/aromatic N) is 3. The number of para-hydroxylation sites is 1. The van der Waals surface area contributed by atoms with E-state index >= 15 is 0 Å². The van der Waals surface area contributed by atoms with Gasteiger partial charge in [-0.3, -0.25) is 9.69 Å². The first-order chi connectivity index (χ1) is 9.83. The Morgan fingerprint density at radius 1 is 0.900 bits per heavy atom. The van der Waals surface area contributed by atoms with E-state index in [2.05, 4.69) is 40.1 Å². The van der Waals surface area contributed by atoms with Crippen LogP contribution in [0.25, 0.3) is 0 Å². The summed E-state index contributed by atoms with van der Waals surface area (Å²) in [6, 6.07) is 10.5. The van der Waals surface area contributed by atoms with Crippen molar-refractivity contribution in [3.05, 3.63) is 30.3 Å². The van der Waals surface area contributed by atoms with Crippen molar-refractivity contribution in [2.24, 2.45) is 0 Å². The molecule has 4 heteroatoms. The third-order valence-electron chi connectivity index (χ3n) is 4.31.